The molecule has 1 aromatic heterocycles. The van der Waals surface area contributed by atoms with Gasteiger partial charge < -0.3 is 10.3 Å². The highest BCUT2D eigenvalue weighted by Crippen LogP contribution is 2.18. The highest BCUT2D eigenvalue weighted by atomic mass is 16.1. The summed E-state index contributed by atoms with van der Waals surface area (Å²) in [7, 11) is 0. The number of anilines is 1. The van der Waals surface area contributed by atoms with Gasteiger partial charge >= 0.3 is 0 Å². The Bertz CT molecular complexity index is 761. The Balaban J connectivity index is 1.65. The van der Waals surface area contributed by atoms with Crippen LogP contribution in [0.5, 0.6) is 0 Å². The van der Waals surface area contributed by atoms with Gasteiger partial charge in [-0.05, 0) is 36.8 Å². The van der Waals surface area contributed by atoms with E-state index in [1.807, 2.05) is 61.5 Å². The van der Waals surface area contributed by atoms with Crippen molar-refractivity contribution in [1.29, 1.82) is 0 Å². The van der Waals surface area contributed by atoms with Crippen LogP contribution in [0.4, 0.5) is 5.69 Å². The van der Waals surface area contributed by atoms with Crippen molar-refractivity contribution in [1.82, 2.24) is 9.97 Å². The molecule has 3 aromatic rings. The highest BCUT2D eigenvalue weighted by Gasteiger charge is 2.05. The summed E-state index contributed by atoms with van der Waals surface area (Å²) in [6.07, 6.45) is 2.17. The van der Waals surface area contributed by atoms with E-state index >= 15 is 0 Å². The van der Waals surface area contributed by atoms with E-state index in [1.165, 1.54) is 0 Å². The van der Waals surface area contributed by atoms with Crippen molar-refractivity contribution < 1.29 is 4.79 Å². The number of aryl methyl sites for hydroxylation is 1. The minimum absolute atomic E-state index is 0.0206. The first-order valence-electron chi connectivity index (χ1n) is 7.16. The first-order chi connectivity index (χ1) is 10.7. The number of aromatic amines is 1. The number of aromatic nitrogens is 2. The molecule has 0 bridgehead atoms. The molecule has 0 atom stereocenters. The lowest BCUT2D eigenvalue weighted by molar-refractivity contribution is -0.115. The minimum atomic E-state index is -0.0206. The van der Waals surface area contributed by atoms with Gasteiger partial charge in [-0.1, -0.05) is 30.3 Å². The summed E-state index contributed by atoms with van der Waals surface area (Å²) >= 11 is 0. The van der Waals surface area contributed by atoms with Gasteiger partial charge in [0.05, 0.1) is 6.42 Å². The van der Waals surface area contributed by atoms with Crippen LogP contribution in [-0.4, -0.2) is 15.9 Å². The molecule has 0 unspecified atom stereocenters. The second-order valence-electron chi connectivity index (χ2n) is 5.20. The lowest BCUT2D eigenvalue weighted by Gasteiger charge is -2.06. The first-order valence-corrected chi connectivity index (χ1v) is 7.16. The smallest absolute Gasteiger partial charge is 0.228 e. The number of H-pyrrole nitrogens is 1. The van der Waals surface area contributed by atoms with Crippen molar-refractivity contribution in [3.05, 3.63) is 72.1 Å². The average molecular weight is 291 g/mol. The molecule has 0 aliphatic carbocycles. The van der Waals surface area contributed by atoms with Crippen LogP contribution in [-0.2, 0) is 11.2 Å². The van der Waals surface area contributed by atoms with Gasteiger partial charge in [0.25, 0.3) is 0 Å². The highest BCUT2D eigenvalue weighted by molar-refractivity contribution is 5.92. The lowest BCUT2D eigenvalue weighted by Crippen LogP contribution is -2.14. The Hall–Kier alpha value is -2.88. The molecule has 0 spiro atoms. The van der Waals surface area contributed by atoms with Gasteiger partial charge in [0.15, 0.2) is 0 Å². The molecule has 2 N–H and O–H groups in total. The molecule has 4 heteroatoms. The maximum atomic E-state index is 12.0. The average Bonchev–Trinajstić information content (AvgIpc) is 2.95. The second-order valence-corrected chi connectivity index (χ2v) is 5.20. The van der Waals surface area contributed by atoms with Crippen molar-refractivity contribution in [2.75, 3.05) is 5.32 Å². The zero-order chi connectivity index (χ0) is 15.4. The maximum absolute atomic E-state index is 12.0. The van der Waals surface area contributed by atoms with E-state index in [9.17, 15) is 4.79 Å². The van der Waals surface area contributed by atoms with Crippen molar-refractivity contribution in [2.45, 2.75) is 13.3 Å². The third-order valence-electron chi connectivity index (χ3n) is 3.35. The molecule has 0 fully saturated rings. The van der Waals surface area contributed by atoms with Crippen LogP contribution in [0.25, 0.3) is 11.4 Å². The number of nitrogens with one attached hydrogen (secondary N) is 2. The topological polar surface area (TPSA) is 57.8 Å². The lowest BCUT2D eigenvalue weighted by atomic mass is 10.1. The van der Waals surface area contributed by atoms with Crippen LogP contribution in [0.1, 0.15) is 11.3 Å². The Morgan fingerprint density at radius 1 is 1.09 bits per heavy atom. The summed E-state index contributed by atoms with van der Waals surface area (Å²) in [6.45, 7) is 1.97. The molecular formula is C18H17N3O. The Morgan fingerprint density at radius 2 is 1.82 bits per heavy atom. The molecule has 0 aliphatic heterocycles. The number of benzene rings is 2. The van der Waals surface area contributed by atoms with Crippen molar-refractivity contribution in [3.63, 3.8) is 0 Å². The molecule has 0 aliphatic rings. The Kier molecular flexibility index (Phi) is 4.01. The van der Waals surface area contributed by atoms with Crippen molar-refractivity contribution >= 4 is 11.6 Å². The van der Waals surface area contributed by atoms with E-state index in [-0.39, 0.29) is 5.91 Å². The van der Waals surface area contributed by atoms with E-state index in [2.05, 4.69) is 15.3 Å². The number of carbonyl (C=O) groups is 1. The SMILES string of the molecule is Cc1cnc(-c2ccc(NC(=O)Cc3ccccc3)cc2)[nH]1. The van der Waals surface area contributed by atoms with Crippen molar-refractivity contribution in [2.24, 2.45) is 0 Å². The van der Waals surface area contributed by atoms with Crippen LogP contribution in [0, 0.1) is 6.92 Å². The van der Waals surface area contributed by atoms with Gasteiger partial charge in [0.1, 0.15) is 5.82 Å². The summed E-state index contributed by atoms with van der Waals surface area (Å²) in [5, 5.41) is 2.90. The van der Waals surface area contributed by atoms with Gasteiger partial charge in [0, 0.05) is 23.1 Å². The zero-order valence-corrected chi connectivity index (χ0v) is 12.3. The third kappa shape index (κ3) is 3.41. The summed E-state index contributed by atoms with van der Waals surface area (Å²) < 4.78 is 0. The predicted octanol–water partition coefficient (Wildman–Crippen LogP) is 3.57. The number of rotatable bonds is 4. The monoisotopic (exact) mass is 291 g/mol. The molecule has 3 rings (SSSR count). The summed E-state index contributed by atoms with van der Waals surface area (Å²) in [5.41, 5.74) is 3.81. The van der Waals surface area contributed by atoms with E-state index in [4.69, 9.17) is 0 Å². The van der Waals surface area contributed by atoms with Gasteiger partial charge in [-0.15, -0.1) is 0 Å². The van der Waals surface area contributed by atoms with Gasteiger partial charge in [-0.2, -0.15) is 0 Å². The van der Waals surface area contributed by atoms with E-state index in [1.54, 1.807) is 6.20 Å². The van der Waals surface area contributed by atoms with E-state index < -0.39 is 0 Å². The van der Waals surface area contributed by atoms with Gasteiger partial charge in [0.2, 0.25) is 5.91 Å². The molecule has 1 heterocycles. The molecule has 22 heavy (non-hydrogen) atoms. The maximum Gasteiger partial charge on any atom is 0.228 e. The predicted molar refractivity (Wildman–Crippen MR) is 87.5 cm³/mol. The number of carbonyl (C=O) groups excluding carboxylic acids is 1. The molecule has 0 saturated heterocycles. The van der Waals surface area contributed by atoms with E-state index in [0.717, 1.165) is 28.3 Å². The Labute approximate surface area is 129 Å². The number of hydrogen-bond acceptors (Lipinski definition) is 2. The number of amides is 1. The fourth-order valence-electron chi connectivity index (χ4n) is 2.26. The fourth-order valence-corrected chi connectivity index (χ4v) is 2.26. The Morgan fingerprint density at radius 3 is 2.45 bits per heavy atom. The third-order valence-corrected chi connectivity index (χ3v) is 3.35. The summed E-state index contributed by atoms with van der Waals surface area (Å²) in [6, 6.07) is 17.4. The summed E-state index contributed by atoms with van der Waals surface area (Å²) in [4.78, 5) is 19.5. The number of hydrogen-bond donors (Lipinski definition) is 2. The summed E-state index contributed by atoms with van der Waals surface area (Å²) in [5.74, 6) is 0.812. The normalized spacial score (nSPS) is 10.4. The molecule has 0 saturated carbocycles. The fraction of sp³-hybridized carbons (Fsp3) is 0.111. The number of imidazole rings is 1. The zero-order valence-electron chi connectivity index (χ0n) is 12.3. The standard InChI is InChI=1S/C18H17N3O/c1-13-12-19-18(20-13)15-7-9-16(10-8-15)21-17(22)11-14-5-3-2-4-6-14/h2-10,12H,11H2,1H3,(H,19,20)(H,21,22). The van der Waals surface area contributed by atoms with Gasteiger partial charge in [-0.25, -0.2) is 4.98 Å². The molecule has 4 nitrogen and oxygen atoms in total. The first kappa shape index (κ1) is 14.1. The van der Waals surface area contributed by atoms with E-state index in [0.29, 0.717) is 6.42 Å². The van der Waals surface area contributed by atoms with Gasteiger partial charge in [-0.3, -0.25) is 4.79 Å². The van der Waals surface area contributed by atoms with Crippen LogP contribution in [0.2, 0.25) is 0 Å². The largest absolute Gasteiger partial charge is 0.342 e. The van der Waals surface area contributed by atoms with Crippen LogP contribution >= 0.6 is 0 Å². The molecular weight excluding hydrogens is 274 g/mol. The molecule has 1 amide bonds. The minimum Gasteiger partial charge on any atom is -0.342 e. The van der Waals surface area contributed by atoms with Crippen LogP contribution in [0.15, 0.2) is 60.8 Å². The quantitative estimate of drug-likeness (QED) is 0.772. The second kappa shape index (κ2) is 6.26. The van der Waals surface area contributed by atoms with Crippen LogP contribution in [0.3, 0.4) is 0 Å². The van der Waals surface area contributed by atoms with Crippen LogP contribution < -0.4 is 5.32 Å². The molecule has 110 valence electrons. The molecule has 2 aromatic carbocycles. The van der Waals surface area contributed by atoms with Crippen molar-refractivity contribution in [3.8, 4) is 11.4 Å². The molecule has 0 radical (unpaired) electrons. The number of nitrogens with zero attached hydrogens (tertiary/aromatic N) is 1.